The number of hydrogen-bond donors (Lipinski definition) is 1. The molecule has 1 aromatic rings. The molecule has 0 spiro atoms. The van der Waals surface area contributed by atoms with Crippen molar-refractivity contribution in [3.63, 3.8) is 0 Å². The summed E-state index contributed by atoms with van der Waals surface area (Å²) in [5.41, 5.74) is 0.393. The maximum absolute atomic E-state index is 12.8. The Hall–Kier alpha value is -2.28. The number of aliphatic hydroxyl groups is 1. The van der Waals surface area contributed by atoms with Crippen LogP contribution in [-0.4, -0.2) is 62.4 Å². The fourth-order valence-corrected chi connectivity index (χ4v) is 2.35. The molecule has 0 aliphatic carbocycles. The second-order valence-corrected chi connectivity index (χ2v) is 5.14. The van der Waals surface area contributed by atoms with Crippen molar-refractivity contribution in [3.05, 3.63) is 23.8 Å². The lowest BCUT2D eigenvalue weighted by atomic mass is 10.1. The molecule has 134 valence electrons. The van der Waals surface area contributed by atoms with Crippen LogP contribution in [0.5, 0.6) is 11.5 Å². The number of rotatable bonds is 9. The maximum atomic E-state index is 12.8. The lowest BCUT2D eigenvalue weighted by Crippen LogP contribution is -2.43. The Bertz CT molecular complexity index is 556. The van der Waals surface area contributed by atoms with Gasteiger partial charge in [0, 0.05) is 12.1 Å². The molecule has 0 fully saturated rings. The summed E-state index contributed by atoms with van der Waals surface area (Å²) in [4.78, 5) is 25.7. The van der Waals surface area contributed by atoms with E-state index in [-0.39, 0.29) is 31.5 Å². The lowest BCUT2D eigenvalue weighted by Gasteiger charge is -2.30. The van der Waals surface area contributed by atoms with Gasteiger partial charge in [0.05, 0.1) is 40.4 Å². The minimum absolute atomic E-state index is 0.0615. The number of benzene rings is 1. The first kappa shape index (κ1) is 19.8. The van der Waals surface area contributed by atoms with E-state index in [0.717, 1.165) is 0 Å². The van der Waals surface area contributed by atoms with Crippen LogP contribution in [-0.2, 0) is 9.53 Å². The van der Waals surface area contributed by atoms with Gasteiger partial charge in [0.2, 0.25) is 0 Å². The SMILES string of the molecule is CCC(CO)N(CCC(=O)OC)C(=O)c1ccc(OC)c(OC)c1. The number of aliphatic hydroxyl groups excluding tert-OH is 1. The van der Waals surface area contributed by atoms with Crippen molar-refractivity contribution in [1.82, 2.24) is 4.90 Å². The van der Waals surface area contributed by atoms with Crippen LogP contribution < -0.4 is 9.47 Å². The third-order valence-corrected chi connectivity index (χ3v) is 3.80. The molecular formula is C17H25NO6. The molecule has 1 atom stereocenters. The number of amides is 1. The van der Waals surface area contributed by atoms with Crippen molar-refractivity contribution in [3.8, 4) is 11.5 Å². The zero-order valence-corrected chi connectivity index (χ0v) is 14.6. The molecule has 0 heterocycles. The van der Waals surface area contributed by atoms with Crippen molar-refractivity contribution in [2.45, 2.75) is 25.8 Å². The molecule has 0 bridgehead atoms. The molecule has 0 saturated carbocycles. The minimum Gasteiger partial charge on any atom is -0.493 e. The van der Waals surface area contributed by atoms with Crippen LogP contribution in [0.2, 0.25) is 0 Å². The molecule has 0 aromatic heterocycles. The highest BCUT2D eigenvalue weighted by Gasteiger charge is 2.24. The number of esters is 1. The zero-order valence-electron chi connectivity index (χ0n) is 14.6. The average Bonchev–Trinajstić information content (AvgIpc) is 2.63. The first-order valence-corrected chi connectivity index (χ1v) is 7.72. The third kappa shape index (κ3) is 4.86. The Balaban J connectivity index is 3.07. The topological polar surface area (TPSA) is 85.3 Å². The molecule has 1 amide bonds. The van der Waals surface area contributed by atoms with Crippen LogP contribution in [0.25, 0.3) is 0 Å². The van der Waals surface area contributed by atoms with Gasteiger partial charge < -0.3 is 24.2 Å². The molecular weight excluding hydrogens is 314 g/mol. The van der Waals surface area contributed by atoms with Gasteiger partial charge in [0.15, 0.2) is 11.5 Å². The van der Waals surface area contributed by atoms with Gasteiger partial charge in [0.25, 0.3) is 5.91 Å². The molecule has 0 saturated heterocycles. The third-order valence-electron chi connectivity index (χ3n) is 3.80. The van der Waals surface area contributed by atoms with Crippen LogP contribution in [0.15, 0.2) is 18.2 Å². The lowest BCUT2D eigenvalue weighted by molar-refractivity contribution is -0.140. The zero-order chi connectivity index (χ0) is 18.1. The van der Waals surface area contributed by atoms with Crippen molar-refractivity contribution < 1.29 is 28.9 Å². The first-order valence-electron chi connectivity index (χ1n) is 7.72. The summed E-state index contributed by atoms with van der Waals surface area (Å²) in [6.07, 6.45) is 0.628. The van der Waals surface area contributed by atoms with Gasteiger partial charge in [-0.05, 0) is 24.6 Å². The van der Waals surface area contributed by atoms with E-state index in [0.29, 0.717) is 23.5 Å². The summed E-state index contributed by atoms with van der Waals surface area (Å²) >= 11 is 0. The number of nitrogens with zero attached hydrogens (tertiary/aromatic N) is 1. The van der Waals surface area contributed by atoms with E-state index in [2.05, 4.69) is 4.74 Å². The standard InChI is InChI=1S/C17H25NO6/c1-5-13(11-19)18(9-8-16(20)24-4)17(21)12-6-7-14(22-2)15(10-12)23-3/h6-7,10,13,19H,5,8-9,11H2,1-4H3. The number of hydrogen-bond acceptors (Lipinski definition) is 6. The quantitative estimate of drug-likeness (QED) is 0.686. The highest BCUT2D eigenvalue weighted by molar-refractivity contribution is 5.95. The monoisotopic (exact) mass is 339 g/mol. The molecule has 1 unspecified atom stereocenters. The highest BCUT2D eigenvalue weighted by Crippen LogP contribution is 2.28. The van der Waals surface area contributed by atoms with Crippen molar-refractivity contribution in [1.29, 1.82) is 0 Å². The summed E-state index contributed by atoms with van der Waals surface area (Å²) in [5, 5.41) is 9.54. The predicted molar refractivity (Wildman–Crippen MR) is 88.4 cm³/mol. The Labute approximate surface area is 142 Å². The molecule has 1 aromatic carbocycles. The summed E-state index contributed by atoms with van der Waals surface area (Å²) < 4.78 is 15.0. The normalized spacial score (nSPS) is 11.5. The molecule has 1 N–H and O–H groups in total. The van der Waals surface area contributed by atoms with E-state index < -0.39 is 5.97 Å². The maximum Gasteiger partial charge on any atom is 0.307 e. The number of carbonyl (C=O) groups is 2. The van der Waals surface area contributed by atoms with Gasteiger partial charge in [-0.25, -0.2) is 0 Å². The van der Waals surface area contributed by atoms with Gasteiger partial charge in [-0.1, -0.05) is 6.92 Å². The van der Waals surface area contributed by atoms with Crippen molar-refractivity contribution in [2.24, 2.45) is 0 Å². The molecule has 0 aliphatic rings. The Morgan fingerprint density at radius 2 is 1.83 bits per heavy atom. The Kier molecular flexibility index (Phi) is 8.05. The van der Waals surface area contributed by atoms with Gasteiger partial charge in [0.1, 0.15) is 0 Å². The second kappa shape index (κ2) is 9.77. The van der Waals surface area contributed by atoms with Crippen LogP contribution >= 0.6 is 0 Å². The fraction of sp³-hybridized carbons (Fsp3) is 0.529. The van der Waals surface area contributed by atoms with Crippen LogP contribution in [0.1, 0.15) is 30.1 Å². The number of carbonyl (C=O) groups excluding carboxylic acids is 2. The number of methoxy groups -OCH3 is 3. The molecule has 24 heavy (non-hydrogen) atoms. The summed E-state index contributed by atoms with van der Waals surface area (Å²) in [6, 6.07) is 4.47. The van der Waals surface area contributed by atoms with E-state index in [4.69, 9.17) is 9.47 Å². The van der Waals surface area contributed by atoms with E-state index in [9.17, 15) is 14.7 Å². The van der Waals surface area contributed by atoms with Crippen LogP contribution in [0.3, 0.4) is 0 Å². The number of ether oxygens (including phenoxy) is 3. The van der Waals surface area contributed by atoms with Crippen LogP contribution in [0.4, 0.5) is 0 Å². The summed E-state index contributed by atoms with van der Waals surface area (Å²) in [7, 11) is 4.30. The minimum atomic E-state index is -0.409. The van der Waals surface area contributed by atoms with E-state index in [1.807, 2.05) is 6.92 Å². The molecule has 0 radical (unpaired) electrons. The van der Waals surface area contributed by atoms with E-state index in [1.165, 1.54) is 26.2 Å². The predicted octanol–water partition coefficient (Wildman–Crippen LogP) is 1.48. The second-order valence-electron chi connectivity index (χ2n) is 5.14. The van der Waals surface area contributed by atoms with E-state index in [1.54, 1.807) is 18.2 Å². The van der Waals surface area contributed by atoms with Gasteiger partial charge in [-0.15, -0.1) is 0 Å². The van der Waals surface area contributed by atoms with Gasteiger partial charge in [-0.3, -0.25) is 9.59 Å². The largest absolute Gasteiger partial charge is 0.493 e. The molecule has 1 rings (SSSR count). The fourth-order valence-electron chi connectivity index (χ4n) is 2.35. The Morgan fingerprint density at radius 1 is 1.17 bits per heavy atom. The van der Waals surface area contributed by atoms with E-state index >= 15 is 0 Å². The van der Waals surface area contributed by atoms with Crippen LogP contribution in [0, 0.1) is 0 Å². The van der Waals surface area contributed by atoms with Gasteiger partial charge in [-0.2, -0.15) is 0 Å². The summed E-state index contributed by atoms with van der Waals surface area (Å²) in [5.74, 6) is 0.256. The smallest absolute Gasteiger partial charge is 0.307 e. The molecule has 0 aliphatic heterocycles. The van der Waals surface area contributed by atoms with Crippen molar-refractivity contribution in [2.75, 3.05) is 34.5 Å². The van der Waals surface area contributed by atoms with Gasteiger partial charge >= 0.3 is 5.97 Å². The first-order chi connectivity index (χ1) is 11.5. The molecule has 7 heteroatoms. The van der Waals surface area contributed by atoms with Crippen molar-refractivity contribution >= 4 is 11.9 Å². The Morgan fingerprint density at radius 3 is 2.33 bits per heavy atom. The highest BCUT2D eigenvalue weighted by atomic mass is 16.5. The average molecular weight is 339 g/mol. The summed E-state index contributed by atoms with van der Waals surface area (Å²) in [6.45, 7) is 1.85. The molecule has 7 nitrogen and oxygen atoms in total.